The molecule has 2 fully saturated rings. The van der Waals surface area contributed by atoms with Crippen LogP contribution in [0.25, 0.3) is 0 Å². The van der Waals surface area contributed by atoms with E-state index in [9.17, 15) is 9.59 Å². The molecule has 2 rings (SSSR count). The number of nitrogens with one attached hydrogen (secondary N) is 2. The first-order valence-electron chi connectivity index (χ1n) is 21.4. The molecular formula is C44H82N2O2. The first-order chi connectivity index (χ1) is 23.7. The van der Waals surface area contributed by atoms with Crippen molar-refractivity contribution in [1.82, 2.24) is 10.6 Å². The molecule has 4 nitrogen and oxygen atoms in total. The van der Waals surface area contributed by atoms with Crippen molar-refractivity contribution in [2.45, 2.75) is 206 Å². The van der Waals surface area contributed by atoms with E-state index < -0.39 is 0 Å². The van der Waals surface area contributed by atoms with Crippen molar-refractivity contribution in [3.63, 3.8) is 0 Å². The Bertz CT molecular complexity index is 747. The number of carbonyl (C=O) groups is 2. The summed E-state index contributed by atoms with van der Waals surface area (Å²) in [6.07, 6.45) is 45.4. The smallest absolute Gasteiger partial charge is 0.136 e. The fraction of sp³-hybridized carbons (Fsp3) is 0.864. The first kappa shape index (κ1) is 44.8. The Hall–Kier alpha value is -1.26. The Morgan fingerprint density at radius 3 is 1.23 bits per heavy atom. The van der Waals surface area contributed by atoms with Crippen LogP contribution < -0.4 is 10.6 Å². The predicted octanol–water partition coefficient (Wildman–Crippen LogP) is 12.4. The van der Waals surface area contributed by atoms with Crippen molar-refractivity contribution in [3.8, 4) is 0 Å². The lowest BCUT2D eigenvalue weighted by Crippen LogP contribution is -2.17. The highest BCUT2D eigenvalue weighted by Gasteiger charge is 2.20. The summed E-state index contributed by atoms with van der Waals surface area (Å²) in [5, 5.41) is 6.79. The van der Waals surface area contributed by atoms with Crippen LogP contribution in [0.5, 0.6) is 0 Å². The number of rotatable bonds is 29. The molecule has 48 heavy (non-hydrogen) atoms. The summed E-state index contributed by atoms with van der Waals surface area (Å²) in [5.74, 6) is 1.78. The summed E-state index contributed by atoms with van der Waals surface area (Å²) in [6.45, 7) is 10.1. The second-order valence-corrected chi connectivity index (χ2v) is 15.0. The van der Waals surface area contributed by atoms with Gasteiger partial charge in [-0.15, -0.1) is 6.58 Å². The quantitative estimate of drug-likeness (QED) is 0.0614. The molecular weight excluding hydrogens is 588 g/mol. The van der Waals surface area contributed by atoms with Crippen LogP contribution in [0.2, 0.25) is 0 Å². The largest absolute Gasteiger partial charge is 0.317 e. The van der Waals surface area contributed by atoms with E-state index in [1.807, 2.05) is 6.08 Å². The van der Waals surface area contributed by atoms with Crippen LogP contribution in [0.15, 0.2) is 24.8 Å². The third-order valence-corrected chi connectivity index (χ3v) is 10.7. The molecule has 2 saturated heterocycles. The highest BCUT2D eigenvalue weighted by atomic mass is 16.1. The third kappa shape index (κ3) is 28.6. The number of carbonyl (C=O) groups excluding carboxylic acids is 2. The SMILES string of the molecule is C=CCCCCCCCCCCCCC(=O)C1CCCNCC1.CC=CCCCCCCCCCCCCCC(=O)C1CCCNCC1. The fourth-order valence-corrected chi connectivity index (χ4v) is 7.41. The molecule has 0 aromatic rings. The minimum Gasteiger partial charge on any atom is -0.317 e. The summed E-state index contributed by atoms with van der Waals surface area (Å²) in [7, 11) is 0. The molecule has 0 radical (unpaired) electrons. The number of hydrogen-bond acceptors (Lipinski definition) is 4. The standard InChI is InChI=1S/C23H43NO.C21H39NO/c1-2-3-4-5-6-7-8-9-10-11-12-13-14-15-18-23(25)22-17-16-20-24-21-19-22;1-2-3-4-5-6-7-8-9-10-11-12-13-16-21(23)20-15-14-18-22-19-17-20/h2-3,22,24H,4-21H2,1H3;2,20,22H,1,3-19H2. The maximum absolute atomic E-state index is 12.2. The van der Waals surface area contributed by atoms with E-state index in [4.69, 9.17) is 0 Å². The van der Waals surface area contributed by atoms with E-state index in [1.54, 1.807) is 0 Å². The maximum Gasteiger partial charge on any atom is 0.136 e. The highest BCUT2D eigenvalue weighted by molar-refractivity contribution is 5.81. The van der Waals surface area contributed by atoms with Crippen molar-refractivity contribution in [1.29, 1.82) is 0 Å². The van der Waals surface area contributed by atoms with E-state index >= 15 is 0 Å². The van der Waals surface area contributed by atoms with Gasteiger partial charge in [-0.1, -0.05) is 127 Å². The number of Topliss-reactive ketones (excluding diaryl/α,β-unsaturated/α-hetero) is 2. The van der Waals surface area contributed by atoms with Gasteiger partial charge in [0.25, 0.3) is 0 Å². The van der Waals surface area contributed by atoms with Gasteiger partial charge in [0.05, 0.1) is 0 Å². The number of ketones is 2. The monoisotopic (exact) mass is 671 g/mol. The Morgan fingerprint density at radius 1 is 0.500 bits per heavy atom. The van der Waals surface area contributed by atoms with Crippen molar-refractivity contribution in [2.24, 2.45) is 11.8 Å². The van der Waals surface area contributed by atoms with Crippen LogP contribution in [0, 0.1) is 11.8 Å². The van der Waals surface area contributed by atoms with Crippen LogP contribution in [-0.4, -0.2) is 37.7 Å². The maximum atomic E-state index is 12.2. The molecule has 0 bridgehead atoms. The molecule has 280 valence electrons. The first-order valence-corrected chi connectivity index (χ1v) is 21.4. The van der Waals surface area contributed by atoms with Gasteiger partial charge in [-0.2, -0.15) is 0 Å². The molecule has 0 amide bonds. The van der Waals surface area contributed by atoms with Gasteiger partial charge in [-0.25, -0.2) is 0 Å². The van der Waals surface area contributed by atoms with Crippen LogP contribution in [0.1, 0.15) is 206 Å². The minimum atomic E-state index is 0.353. The van der Waals surface area contributed by atoms with Gasteiger partial charge in [0.15, 0.2) is 0 Å². The average Bonchev–Trinajstić information content (AvgIpc) is 3.56. The molecule has 2 heterocycles. The average molecular weight is 671 g/mol. The Kier molecular flexibility index (Phi) is 33.2. The molecule has 4 heteroatoms. The zero-order valence-electron chi connectivity index (χ0n) is 32.2. The Labute approximate surface area is 299 Å². The molecule has 2 N–H and O–H groups in total. The van der Waals surface area contributed by atoms with E-state index in [-0.39, 0.29) is 0 Å². The second kappa shape index (κ2) is 35.6. The van der Waals surface area contributed by atoms with Crippen LogP contribution >= 0.6 is 0 Å². The Morgan fingerprint density at radius 2 is 0.854 bits per heavy atom. The number of allylic oxidation sites excluding steroid dienone is 3. The molecule has 2 aliphatic heterocycles. The van der Waals surface area contributed by atoms with Gasteiger partial charge < -0.3 is 10.6 Å². The van der Waals surface area contributed by atoms with Gasteiger partial charge in [0.1, 0.15) is 11.6 Å². The molecule has 0 spiro atoms. The summed E-state index contributed by atoms with van der Waals surface area (Å²) < 4.78 is 0. The number of unbranched alkanes of at least 4 members (excludes halogenated alkanes) is 21. The molecule has 2 atom stereocenters. The lowest BCUT2D eigenvalue weighted by atomic mass is 9.92. The highest BCUT2D eigenvalue weighted by Crippen LogP contribution is 2.20. The number of hydrogen-bond donors (Lipinski definition) is 2. The zero-order valence-corrected chi connectivity index (χ0v) is 32.2. The molecule has 0 saturated carbocycles. The normalized spacial score (nSPS) is 18.5. The third-order valence-electron chi connectivity index (χ3n) is 10.7. The van der Waals surface area contributed by atoms with E-state index in [2.05, 4.69) is 36.3 Å². The minimum absolute atomic E-state index is 0.353. The second-order valence-electron chi connectivity index (χ2n) is 15.0. The molecule has 0 aliphatic carbocycles. The summed E-state index contributed by atoms with van der Waals surface area (Å²) in [4.78, 5) is 24.4. The van der Waals surface area contributed by atoms with Crippen LogP contribution in [0.3, 0.4) is 0 Å². The van der Waals surface area contributed by atoms with Crippen molar-refractivity contribution < 1.29 is 9.59 Å². The van der Waals surface area contributed by atoms with Gasteiger partial charge >= 0.3 is 0 Å². The van der Waals surface area contributed by atoms with Gasteiger partial charge in [-0.3, -0.25) is 9.59 Å². The summed E-state index contributed by atoms with van der Waals surface area (Å²) in [6, 6.07) is 0. The zero-order chi connectivity index (χ0) is 34.6. The van der Waals surface area contributed by atoms with E-state index in [0.717, 1.165) is 77.5 Å². The molecule has 2 unspecified atom stereocenters. The molecule has 0 aromatic heterocycles. The van der Waals surface area contributed by atoms with Crippen molar-refractivity contribution >= 4 is 11.6 Å². The van der Waals surface area contributed by atoms with Crippen LogP contribution in [-0.2, 0) is 9.59 Å². The van der Waals surface area contributed by atoms with Gasteiger partial charge in [-0.05, 0) is 110 Å². The Balaban J connectivity index is 0.000000482. The molecule has 0 aromatic carbocycles. The van der Waals surface area contributed by atoms with Crippen LogP contribution in [0.4, 0.5) is 0 Å². The van der Waals surface area contributed by atoms with Gasteiger partial charge in [0.2, 0.25) is 0 Å². The lowest BCUT2D eigenvalue weighted by molar-refractivity contribution is -0.124. The summed E-state index contributed by atoms with van der Waals surface area (Å²) in [5.41, 5.74) is 0. The van der Waals surface area contributed by atoms with E-state index in [1.165, 1.54) is 148 Å². The fourth-order valence-electron chi connectivity index (χ4n) is 7.41. The topological polar surface area (TPSA) is 58.2 Å². The van der Waals surface area contributed by atoms with Crippen molar-refractivity contribution in [2.75, 3.05) is 26.2 Å². The molecule has 2 aliphatic rings. The summed E-state index contributed by atoms with van der Waals surface area (Å²) >= 11 is 0. The predicted molar refractivity (Wildman–Crippen MR) is 211 cm³/mol. The van der Waals surface area contributed by atoms with Crippen molar-refractivity contribution in [3.05, 3.63) is 24.8 Å². The van der Waals surface area contributed by atoms with E-state index in [0.29, 0.717) is 23.4 Å². The van der Waals surface area contributed by atoms with Gasteiger partial charge in [0, 0.05) is 24.7 Å². The lowest BCUT2D eigenvalue weighted by Gasteiger charge is -2.12.